The zero-order chi connectivity index (χ0) is 16.9. The van der Waals surface area contributed by atoms with Crippen LogP contribution in [0, 0.1) is 0 Å². The SMILES string of the molecule is CCCCCCCCCCCCO.O=[PH](O)O.O=[PH](O)O. The molecule has 0 bridgehead atoms. The molecule has 0 radical (unpaired) electrons. The van der Waals surface area contributed by atoms with Crippen LogP contribution in [0.1, 0.15) is 71.1 Å². The van der Waals surface area contributed by atoms with Gasteiger partial charge in [-0.25, -0.2) is 0 Å². The molecule has 0 unspecified atom stereocenters. The van der Waals surface area contributed by atoms with Gasteiger partial charge in [0.1, 0.15) is 0 Å². The Morgan fingerprint density at radius 1 is 0.619 bits per heavy atom. The third kappa shape index (κ3) is 64.2. The maximum atomic E-state index is 8.74. The second-order valence-corrected chi connectivity index (χ2v) is 5.60. The smallest absolute Gasteiger partial charge is 0.314 e. The number of hydrogen-bond donors (Lipinski definition) is 5. The van der Waals surface area contributed by atoms with Gasteiger partial charge in [0.2, 0.25) is 0 Å². The van der Waals surface area contributed by atoms with Gasteiger partial charge in [0, 0.05) is 6.61 Å². The molecule has 0 heterocycles. The first-order valence-corrected chi connectivity index (χ1v) is 9.93. The molecule has 7 nitrogen and oxygen atoms in total. The summed E-state index contributed by atoms with van der Waals surface area (Å²) in [5.41, 5.74) is 0. The van der Waals surface area contributed by atoms with Crippen LogP contribution >= 0.6 is 16.5 Å². The first kappa shape index (κ1) is 26.2. The van der Waals surface area contributed by atoms with E-state index in [1.54, 1.807) is 0 Å². The van der Waals surface area contributed by atoms with Crippen molar-refractivity contribution in [3.8, 4) is 0 Å². The predicted octanol–water partition coefficient (Wildman–Crippen LogP) is 2.62. The first-order chi connectivity index (χ1) is 9.88. The van der Waals surface area contributed by atoms with Crippen LogP contribution in [0.5, 0.6) is 0 Å². The molecule has 0 aliphatic carbocycles. The normalized spacial score (nSPS) is 9.90. The number of aliphatic hydroxyl groups is 1. The zero-order valence-corrected chi connectivity index (χ0v) is 14.8. The lowest BCUT2D eigenvalue weighted by Gasteiger charge is -2.00. The van der Waals surface area contributed by atoms with Gasteiger partial charge in [-0.15, -0.1) is 0 Å². The molecule has 0 aromatic carbocycles. The maximum Gasteiger partial charge on any atom is 0.314 e. The Kier molecular flexibility index (Phi) is 31.4. The summed E-state index contributed by atoms with van der Waals surface area (Å²) in [6, 6.07) is 0. The van der Waals surface area contributed by atoms with Gasteiger partial charge in [-0.2, -0.15) is 0 Å². The highest BCUT2D eigenvalue weighted by Gasteiger charge is 1.91. The predicted molar refractivity (Wildman–Crippen MR) is 85.8 cm³/mol. The molecule has 0 aliphatic heterocycles. The van der Waals surface area contributed by atoms with Gasteiger partial charge < -0.3 is 24.7 Å². The minimum absolute atomic E-state index is 0.372. The molecule has 0 saturated carbocycles. The Morgan fingerprint density at radius 2 is 0.857 bits per heavy atom. The van der Waals surface area contributed by atoms with Crippen LogP contribution in [0.25, 0.3) is 0 Å². The van der Waals surface area contributed by atoms with Crippen LogP contribution in [0.3, 0.4) is 0 Å². The molecule has 9 heteroatoms. The van der Waals surface area contributed by atoms with Crippen molar-refractivity contribution in [3.05, 3.63) is 0 Å². The van der Waals surface area contributed by atoms with Gasteiger partial charge in [-0.3, -0.25) is 9.13 Å². The topological polar surface area (TPSA) is 135 Å². The molecule has 0 atom stereocenters. The lowest BCUT2D eigenvalue weighted by atomic mass is 10.1. The van der Waals surface area contributed by atoms with Crippen LogP contribution < -0.4 is 0 Å². The van der Waals surface area contributed by atoms with Crippen LogP contribution in [0.15, 0.2) is 0 Å². The highest BCUT2D eigenvalue weighted by atomic mass is 31.1. The summed E-state index contributed by atoms with van der Waals surface area (Å²) >= 11 is 0. The standard InChI is InChI=1S/C12H26O.2H3O3P/c1-2-3-4-5-6-7-8-9-10-11-12-13;2*1-4(2)3/h13H,2-12H2,1H3;2*4H,(H2,1,2,3). The van der Waals surface area contributed by atoms with Gasteiger partial charge in [-0.1, -0.05) is 64.7 Å². The second kappa shape index (κ2) is 25.2. The molecule has 0 spiro atoms. The molecule has 0 aliphatic rings. The van der Waals surface area contributed by atoms with Crippen molar-refractivity contribution in [3.63, 3.8) is 0 Å². The Labute approximate surface area is 128 Å². The van der Waals surface area contributed by atoms with Crippen molar-refractivity contribution in [2.45, 2.75) is 71.1 Å². The summed E-state index contributed by atoms with van der Waals surface area (Å²) in [7, 11) is -6.26. The summed E-state index contributed by atoms with van der Waals surface area (Å²) in [4.78, 5) is 28.6. The Balaban J connectivity index is -0.000000334. The van der Waals surface area contributed by atoms with Gasteiger partial charge in [-0.05, 0) is 6.42 Å². The lowest BCUT2D eigenvalue weighted by Crippen LogP contribution is -1.84. The number of hydrogen-bond acceptors (Lipinski definition) is 3. The summed E-state index contributed by atoms with van der Waals surface area (Å²) < 4.78 is 17.5. The van der Waals surface area contributed by atoms with Gasteiger partial charge in [0.05, 0.1) is 0 Å². The summed E-state index contributed by atoms with van der Waals surface area (Å²) in [6.07, 6.45) is 13.3. The van der Waals surface area contributed by atoms with Crippen molar-refractivity contribution >= 4 is 16.5 Å². The van der Waals surface area contributed by atoms with Gasteiger partial charge in [0.25, 0.3) is 0 Å². The second-order valence-electron chi connectivity index (χ2n) is 4.47. The highest BCUT2D eigenvalue weighted by molar-refractivity contribution is 7.31. The van der Waals surface area contributed by atoms with Gasteiger partial charge in [0.15, 0.2) is 0 Å². The minimum atomic E-state index is -3.13. The van der Waals surface area contributed by atoms with E-state index in [-0.39, 0.29) is 0 Å². The van der Waals surface area contributed by atoms with E-state index in [0.29, 0.717) is 6.61 Å². The summed E-state index contributed by atoms with van der Waals surface area (Å²) in [5, 5.41) is 8.57. The van der Waals surface area contributed by atoms with Crippen LogP contribution in [0.4, 0.5) is 0 Å². The van der Waals surface area contributed by atoms with Crippen molar-refractivity contribution in [1.82, 2.24) is 0 Å². The molecule has 0 aromatic heterocycles. The van der Waals surface area contributed by atoms with Crippen LogP contribution in [-0.4, -0.2) is 31.3 Å². The molecule has 0 saturated heterocycles. The average molecular weight is 350 g/mol. The number of rotatable bonds is 10. The molecule has 0 amide bonds. The molecular weight excluding hydrogens is 318 g/mol. The van der Waals surface area contributed by atoms with E-state index in [2.05, 4.69) is 6.92 Å². The van der Waals surface area contributed by atoms with Crippen molar-refractivity contribution in [2.24, 2.45) is 0 Å². The van der Waals surface area contributed by atoms with E-state index < -0.39 is 16.5 Å². The molecule has 0 rings (SSSR count). The molecular formula is C12H32O7P2. The monoisotopic (exact) mass is 350 g/mol. The highest BCUT2D eigenvalue weighted by Crippen LogP contribution is 2.10. The van der Waals surface area contributed by atoms with Crippen molar-refractivity contribution in [2.75, 3.05) is 6.61 Å². The Hall–Kier alpha value is 0.260. The molecule has 21 heavy (non-hydrogen) atoms. The van der Waals surface area contributed by atoms with E-state index in [1.165, 1.54) is 57.8 Å². The zero-order valence-electron chi connectivity index (χ0n) is 12.8. The minimum Gasteiger partial charge on any atom is -0.396 e. The van der Waals surface area contributed by atoms with E-state index in [9.17, 15) is 0 Å². The molecule has 5 N–H and O–H groups in total. The average Bonchev–Trinajstić information content (AvgIpc) is 2.35. The van der Waals surface area contributed by atoms with E-state index >= 15 is 0 Å². The Morgan fingerprint density at radius 3 is 1.10 bits per heavy atom. The quantitative estimate of drug-likeness (QED) is 0.302. The van der Waals surface area contributed by atoms with Crippen LogP contribution in [0.2, 0.25) is 0 Å². The summed E-state index contributed by atoms with van der Waals surface area (Å²) in [6.45, 7) is 2.63. The molecule has 0 aromatic rings. The Bertz CT molecular complexity index is 198. The van der Waals surface area contributed by atoms with E-state index in [0.717, 1.165) is 6.42 Å². The van der Waals surface area contributed by atoms with E-state index in [1.807, 2.05) is 0 Å². The molecule has 0 fully saturated rings. The molecule has 132 valence electrons. The third-order valence-corrected chi connectivity index (χ3v) is 2.51. The number of aliphatic hydroxyl groups excluding tert-OH is 1. The maximum absolute atomic E-state index is 8.74. The van der Waals surface area contributed by atoms with E-state index in [4.69, 9.17) is 33.8 Å². The lowest BCUT2D eigenvalue weighted by molar-refractivity contribution is 0.282. The van der Waals surface area contributed by atoms with Gasteiger partial charge >= 0.3 is 16.5 Å². The third-order valence-electron chi connectivity index (χ3n) is 2.51. The van der Waals surface area contributed by atoms with Crippen molar-refractivity contribution in [1.29, 1.82) is 0 Å². The largest absolute Gasteiger partial charge is 0.396 e. The summed E-state index contributed by atoms with van der Waals surface area (Å²) in [5.74, 6) is 0. The fourth-order valence-electron chi connectivity index (χ4n) is 1.60. The number of unbranched alkanes of at least 4 members (excludes halogenated alkanes) is 9. The fraction of sp³-hybridized carbons (Fsp3) is 1.00. The van der Waals surface area contributed by atoms with Crippen molar-refractivity contribution < 1.29 is 33.8 Å². The van der Waals surface area contributed by atoms with Crippen LogP contribution in [-0.2, 0) is 9.13 Å². The fourth-order valence-corrected chi connectivity index (χ4v) is 1.60. The first-order valence-electron chi connectivity index (χ1n) is 7.33.